The highest BCUT2D eigenvalue weighted by Crippen LogP contribution is 2.19. The lowest BCUT2D eigenvalue weighted by atomic mass is 9.99. The quantitative estimate of drug-likeness (QED) is 0.849. The third-order valence-electron chi connectivity index (χ3n) is 3.22. The van der Waals surface area contributed by atoms with Gasteiger partial charge in [0.2, 0.25) is 0 Å². The smallest absolute Gasteiger partial charge is 0.123 e. The highest BCUT2D eigenvalue weighted by atomic mass is 19.1. The number of likely N-dealkylation sites (N-methyl/N-ethyl adjacent to an activating group) is 1. The molecule has 2 unspecified atom stereocenters. The molecule has 0 bridgehead atoms. The predicted octanol–water partition coefficient (Wildman–Crippen LogP) is 2.53. The van der Waals surface area contributed by atoms with E-state index in [9.17, 15) is 4.39 Å². The minimum absolute atomic E-state index is 0.162. The molecular formula is C14H20FNO. The van der Waals surface area contributed by atoms with Crippen LogP contribution in [-0.2, 0) is 11.2 Å². The van der Waals surface area contributed by atoms with Crippen molar-refractivity contribution in [2.75, 3.05) is 13.2 Å². The fourth-order valence-corrected chi connectivity index (χ4v) is 2.44. The van der Waals surface area contributed by atoms with Crippen molar-refractivity contribution < 1.29 is 9.13 Å². The lowest BCUT2D eigenvalue weighted by molar-refractivity contribution is 0.0789. The van der Waals surface area contributed by atoms with Gasteiger partial charge in [0.15, 0.2) is 0 Å². The molecule has 3 heteroatoms. The van der Waals surface area contributed by atoms with E-state index in [1.165, 1.54) is 6.07 Å². The molecule has 0 amide bonds. The molecule has 1 aliphatic rings. The molecule has 0 saturated carbocycles. The van der Waals surface area contributed by atoms with Crippen molar-refractivity contribution in [3.8, 4) is 0 Å². The summed E-state index contributed by atoms with van der Waals surface area (Å²) >= 11 is 0. The van der Waals surface area contributed by atoms with Crippen molar-refractivity contribution in [1.29, 1.82) is 0 Å². The third kappa shape index (κ3) is 3.51. The second-order valence-corrected chi connectivity index (χ2v) is 4.55. The number of ether oxygens (including phenoxy) is 1. The van der Waals surface area contributed by atoms with Crippen LogP contribution in [0, 0.1) is 5.82 Å². The van der Waals surface area contributed by atoms with Crippen LogP contribution in [0.2, 0.25) is 0 Å². The van der Waals surface area contributed by atoms with Gasteiger partial charge in [0.1, 0.15) is 5.82 Å². The molecule has 2 nitrogen and oxygen atoms in total. The van der Waals surface area contributed by atoms with Gasteiger partial charge in [0.25, 0.3) is 0 Å². The average molecular weight is 237 g/mol. The van der Waals surface area contributed by atoms with E-state index in [0.29, 0.717) is 6.04 Å². The maximum absolute atomic E-state index is 13.1. The van der Waals surface area contributed by atoms with Crippen LogP contribution in [0.4, 0.5) is 4.39 Å². The molecule has 1 aliphatic heterocycles. The Morgan fingerprint density at radius 1 is 1.53 bits per heavy atom. The van der Waals surface area contributed by atoms with Gasteiger partial charge in [-0.05, 0) is 43.5 Å². The summed E-state index contributed by atoms with van der Waals surface area (Å²) in [4.78, 5) is 0. The summed E-state index contributed by atoms with van der Waals surface area (Å²) in [5, 5.41) is 3.45. The summed E-state index contributed by atoms with van der Waals surface area (Å²) < 4.78 is 18.8. The Morgan fingerprint density at radius 2 is 2.41 bits per heavy atom. The van der Waals surface area contributed by atoms with Gasteiger partial charge in [-0.1, -0.05) is 19.1 Å². The molecule has 1 N–H and O–H groups in total. The average Bonchev–Trinajstić information content (AvgIpc) is 2.82. The first-order valence-electron chi connectivity index (χ1n) is 6.39. The predicted molar refractivity (Wildman–Crippen MR) is 66.5 cm³/mol. The van der Waals surface area contributed by atoms with Crippen molar-refractivity contribution in [2.24, 2.45) is 0 Å². The second kappa shape index (κ2) is 6.12. The zero-order chi connectivity index (χ0) is 12.1. The number of halogens is 1. The number of rotatable bonds is 5. The van der Waals surface area contributed by atoms with Crippen LogP contribution >= 0.6 is 0 Å². The van der Waals surface area contributed by atoms with E-state index >= 15 is 0 Å². The standard InChI is InChI=1S/C14H20FNO/c1-2-16-13(14-7-4-8-17-14)10-11-5-3-6-12(15)9-11/h3,5-6,9,13-14,16H,2,4,7-8,10H2,1H3. The third-order valence-corrected chi connectivity index (χ3v) is 3.22. The molecule has 94 valence electrons. The van der Waals surface area contributed by atoms with Crippen LogP contribution in [0.15, 0.2) is 24.3 Å². The molecule has 1 saturated heterocycles. The Kier molecular flexibility index (Phi) is 4.51. The molecule has 0 radical (unpaired) electrons. The van der Waals surface area contributed by atoms with Crippen molar-refractivity contribution in [1.82, 2.24) is 5.32 Å². The van der Waals surface area contributed by atoms with Crippen molar-refractivity contribution in [2.45, 2.75) is 38.3 Å². The van der Waals surface area contributed by atoms with Crippen LogP contribution in [0.25, 0.3) is 0 Å². The molecular weight excluding hydrogens is 217 g/mol. The topological polar surface area (TPSA) is 21.3 Å². The van der Waals surface area contributed by atoms with E-state index in [1.54, 1.807) is 12.1 Å². The van der Waals surface area contributed by atoms with Gasteiger partial charge < -0.3 is 10.1 Å². The van der Waals surface area contributed by atoms with E-state index in [1.807, 2.05) is 6.07 Å². The van der Waals surface area contributed by atoms with Gasteiger partial charge in [-0.2, -0.15) is 0 Å². The van der Waals surface area contributed by atoms with Crippen molar-refractivity contribution >= 4 is 0 Å². The minimum Gasteiger partial charge on any atom is -0.377 e. The summed E-state index contributed by atoms with van der Waals surface area (Å²) in [6.45, 7) is 3.86. The van der Waals surface area contributed by atoms with E-state index in [-0.39, 0.29) is 11.9 Å². The molecule has 1 aromatic rings. The largest absolute Gasteiger partial charge is 0.377 e. The van der Waals surface area contributed by atoms with Crippen LogP contribution in [0.1, 0.15) is 25.3 Å². The molecule has 0 spiro atoms. The first-order chi connectivity index (χ1) is 8.29. The summed E-state index contributed by atoms with van der Waals surface area (Å²) in [5.41, 5.74) is 1.03. The van der Waals surface area contributed by atoms with E-state index < -0.39 is 0 Å². The van der Waals surface area contributed by atoms with E-state index in [0.717, 1.165) is 38.0 Å². The highest BCUT2D eigenvalue weighted by molar-refractivity contribution is 5.17. The Bertz CT molecular complexity index is 350. The molecule has 1 aromatic carbocycles. The number of hydrogen-bond donors (Lipinski definition) is 1. The SMILES string of the molecule is CCNC(Cc1cccc(F)c1)C1CCCO1. The van der Waals surface area contributed by atoms with Crippen molar-refractivity contribution in [3.63, 3.8) is 0 Å². The number of benzene rings is 1. The minimum atomic E-state index is -0.162. The maximum atomic E-state index is 13.1. The zero-order valence-corrected chi connectivity index (χ0v) is 10.3. The second-order valence-electron chi connectivity index (χ2n) is 4.55. The Hall–Kier alpha value is -0.930. The Morgan fingerprint density at radius 3 is 3.06 bits per heavy atom. The summed E-state index contributed by atoms with van der Waals surface area (Å²) in [6, 6.07) is 7.13. The van der Waals surface area contributed by atoms with E-state index in [4.69, 9.17) is 4.74 Å². The molecule has 0 aliphatic carbocycles. The van der Waals surface area contributed by atoms with Crippen LogP contribution in [0.3, 0.4) is 0 Å². The zero-order valence-electron chi connectivity index (χ0n) is 10.3. The molecule has 17 heavy (non-hydrogen) atoms. The van der Waals surface area contributed by atoms with Crippen molar-refractivity contribution in [3.05, 3.63) is 35.6 Å². The number of nitrogens with one attached hydrogen (secondary N) is 1. The molecule has 0 aromatic heterocycles. The molecule has 1 heterocycles. The fraction of sp³-hybridized carbons (Fsp3) is 0.571. The summed E-state index contributed by atoms with van der Waals surface area (Å²) in [7, 11) is 0. The summed E-state index contributed by atoms with van der Waals surface area (Å²) in [6.07, 6.45) is 3.34. The van der Waals surface area contributed by atoms with Gasteiger partial charge in [0, 0.05) is 12.6 Å². The van der Waals surface area contributed by atoms with Crippen LogP contribution < -0.4 is 5.32 Å². The normalized spacial score (nSPS) is 21.6. The molecule has 2 rings (SSSR count). The van der Waals surface area contributed by atoms with Gasteiger partial charge in [0.05, 0.1) is 6.10 Å². The van der Waals surface area contributed by atoms with Gasteiger partial charge in [-0.15, -0.1) is 0 Å². The maximum Gasteiger partial charge on any atom is 0.123 e. The van der Waals surface area contributed by atoms with Gasteiger partial charge >= 0.3 is 0 Å². The Labute approximate surface area is 102 Å². The lowest BCUT2D eigenvalue weighted by Crippen LogP contribution is -2.41. The van der Waals surface area contributed by atoms with Gasteiger partial charge in [-0.3, -0.25) is 0 Å². The molecule has 1 fully saturated rings. The molecule has 2 atom stereocenters. The van der Waals surface area contributed by atoms with E-state index in [2.05, 4.69) is 12.2 Å². The fourth-order valence-electron chi connectivity index (χ4n) is 2.44. The monoisotopic (exact) mass is 237 g/mol. The summed E-state index contributed by atoms with van der Waals surface area (Å²) in [5.74, 6) is -0.162. The number of hydrogen-bond acceptors (Lipinski definition) is 2. The van der Waals surface area contributed by atoms with Crippen LogP contribution in [-0.4, -0.2) is 25.3 Å². The highest BCUT2D eigenvalue weighted by Gasteiger charge is 2.25. The first kappa shape index (κ1) is 12.5. The lowest BCUT2D eigenvalue weighted by Gasteiger charge is -2.23. The van der Waals surface area contributed by atoms with Gasteiger partial charge in [-0.25, -0.2) is 4.39 Å². The first-order valence-corrected chi connectivity index (χ1v) is 6.39. The Balaban J connectivity index is 2.01. The van der Waals surface area contributed by atoms with Crippen LogP contribution in [0.5, 0.6) is 0 Å².